The van der Waals surface area contributed by atoms with Crippen LogP contribution in [0, 0.1) is 0 Å². The minimum absolute atomic E-state index is 0.0340. The summed E-state index contributed by atoms with van der Waals surface area (Å²) in [6, 6.07) is 0. The normalized spacial score (nSPS) is 8.00. The Morgan fingerprint density at radius 1 is 1.67 bits per heavy atom. The number of hydrogen-bond donors (Lipinski definition) is 2. The van der Waals surface area contributed by atoms with Crippen molar-refractivity contribution in [1.29, 1.82) is 0 Å². The first kappa shape index (κ1) is 7.68. The van der Waals surface area contributed by atoms with E-state index < -0.39 is 12.0 Å². The number of imide groups is 1. The second-order valence-electron chi connectivity index (χ2n) is 1.35. The summed E-state index contributed by atoms with van der Waals surface area (Å²) in [6.45, 7) is 3.25. The number of rotatable bonds is 2. The number of amides is 2. The maximum Gasteiger partial charge on any atom is 0.411 e. The van der Waals surface area contributed by atoms with E-state index in [0.717, 1.165) is 0 Å². The SMILES string of the molecule is C=CCC(=O)NC(=O)O. The summed E-state index contributed by atoms with van der Waals surface area (Å²) in [4.78, 5) is 20.0. The average Bonchev–Trinajstić information content (AvgIpc) is 1.63. The van der Waals surface area contributed by atoms with Crippen molar-refractivity contribution in [2.45, 2.75) is 6.42 Å². The van der Waals surface area contributed by atoms with Crippen molar-refractivity contribution in [2.75, 3.05) is 0 Å². The molecule has 0 aliphatic rings. The molecule has 0 aromatic rings. The molecule has 0 aliphatic heterocycles. The number of carboxylic acid groups (broad SMARTS) is 1. The van der Waals surface area contributed by atoms with Gasteiger partial charge in [0.05, 0.1) is 0 Å². The van der Waals surface area contributed by atoms with Crippen LogP contribution >= 0.6 is 0 Å². The topological polar surface area (TPSA) is 66.4 Å². The van der Waals surface area contributed by atoms with Crippen LogP contribution in [0.2, 0.25) is 0 Å². The lowest BCUT2D eigenvalue weighted by Gasteiger charge is -1.92. The lowest BCUT2D eigenvalue weighted by atomic mass is 10.4. The highest BCUT2D eigenvalue weighted by Gasteiger charge is 2.00. The van der Waals surface area contributed by atoms with E-state index in [9.17, 15) is 9.59 Å². The smallest absolute Gasteiger partial charge is 0.411 e. The fourth-order valence-corrected chi connectivity index (χ4v) is 0.301. The zero-order valence-electron chi connectivity index (χ0n) is 4.76. The van der Waals surface area contributed by atoms with Crippen molar-refractivity contribution in [3.63, 3.8) is 0 Å². The molecule has 9 heavy (non-hydrogen) atoms. The first-order valence-electron chi connectivity index (χ1n) is 2.30. The molecule has 0 rings (SSSR count). The molecular weight excluding hydrogens is 122 g/mol. The number of carbonyl (C=O) groups excluding carboxylic acids is 1. The van der Waals surface area contributed by atoms with Crippen LogP contribution < -0.4 is 5.32 Å². The van der Waals surface area contributed by atoms with Crippen LogP contribution in [-0.2, 0) is 4.79 Å². The monoisotopic (exact) mass is 129 g/mol. The molecule has 4 nitrogen and oxygen atoms in total. The largest absolute Gasteiger partial charge is 0.465 e. The van der Waals surface area contributed by atoms with E-state index in [1.54, 1.807) is 5.32 Å². The zero-order valence-corrected chi connectivity index (χ0v) is 4.76. The van der Waals surface area contributed by atoms with E-state index >= 15 is 0 Å². The number of hydrogen-bond acceptors (Lipinski definition) is 2. The van der Waals surface area contributed by atoms with Crippen molar-refractivity contribution in [1.82, 2.24) is 5.32 Å². The van der Waals surface area contributed by atoms with Gasteiger partial charge in [-0.2, -0.15) is 0 Å². The standard InChI is InChI=1S/C5H7NO3/c1-2-3-4(7)6-5(8)9/h2H,1,3H2,(H,6,7)(H,8,9). The summed E-state index contributed by atoms with van der Waals surface area (Å²) >= 11 is 0. The van der Waals surface area contributed by atoms with E-state index in [-0.39, 0.29) is 6.42 Å². The average molecular weight is 129 g/mol. The van der Waals surface area contributed by atoms with Crippen LogP contribution in [0.15, 0.2) is 12.7 Å². The van der Waals surface area contributed by atoms with Crippen molar-refractivity contribution in [2.24, 2.45) is 0 Å². The highest BCUT2D eigenvalue weighted by molar-refractivity contribution is 5.91. The summed E-state index contributed by atoms with van der Waals surface area (Å²) in [6.07, 6.45) is 0.0340. The Kier molecular flexibility index (Phi) is 3.12. The molecule has 0 atom stereocenters. The molecule has 0 heterocycles. The quantitative estimate of drug-likeness (QED) is 0.529. The first-order chi connectivity index (χ1) is 4.16. The molecule has 2 amide bonds. The number of nitrogens with one attached hydrogen (secondary N) is 1. The molecule has 0 bridgehead atoms. The van der Waals surface area contributed by atoms with Crippen LogP contribution in [0.1, 0.15) is 6.42 Å². The van der Waals surface area contributed by atoms with Crippen LogP contribution in [-0.4, -0.2) is 17.1 Å². The van der Waals surface area contributed by atoms with Gasteiger partial charge in [-0.3, -0.25) is 10.1 Å². The van der Waals surface area contributed by atoms with Gasteiger partial charge in [-0.15, -0.1) is 6.58 Å². The second-order valence-corrected chi connectivity index (χ2v) is 1.35. The molecule has 0 unspecified atom stereocenters. The minimum atomic E-state index is -1.33. The molecule has 0 aliphatic carbocycles. The molecule has 0 aromatic heterocycles. The predicted octanol–water partition coefficient (Wildman–Crippen LogP) is 0.357. The highest BCUT2D eigenvalue weighted by Crippen LogP contribution is 1.77. The Hall–Kier alpha value is -1.32. The van der Waals surface area contributed by atoms with Gasteiger partial charge >= 0.3 is 6.09 Å². The van der Waals surface area contributed by atoms with Gasteiger partial charge in [0.2, 0.25) is 5.91 Å². The summed E-state index contributed by atoms with van der Waals surface area (Å²) in [7, 11) is 0. The Balaban J connectivity index is 3.50. The van der Waals surface area contributed by atoms with Crippen LogP contribution in [0.25, 0.3) is 0 Å². The molecule has 0 radical (unpaired) electrons. The fraction of sp³-hybridized carbons (Fsp3) is 0.200. The highest BCUT2D eigenvalue weighted by atomic mass is 16.4. The lowest BCUT2D eigenvalue weighted by molar-refractivity contribution is -0.119. The number of carbonyl (C=O) groups is 2. The Bertz CT molecular complexity index is 141. The van der Waals surface area contributed by atoms with Gasteiger partial charge in [-0.25, -0.2) is 4.79 Å². The first-order valence-corrected chi connectivity index (χ1v) is 2.30. The third-order valence-corrected chi connectivity index (χ3v) is 0.576. The second kappa shape index (κ2) is 3.65. The lowest BCUT2D eigenvalue weighted by Crippen LogP contribution is -2.27. The minimum Gasteiger partial charge on any atom is -0.465 e. The van der Waals surface area contributed by atoms with Gasteiger partial charge in [-0.1, -0.05) is 6.08 Å². The van der Waals surface area contributed by atoms with Crippen LogP contribution in [0.5, 0.6) is 0 Å². The molecule has 0 fully saturated rings. The van der Waals surface area contributed by atoms with Crippen molar-refractivity contribution >= 4 is 12.0 Å². The van der Waals surface area contributed by atoms with Gasteiger partial charge in [-0.05, 0) is 0 Å². The van der Waals surface area contributed by atoms with Gasteiger partial charge in [0, 0.05) is 6.42 Å². The van der Waals surface area contributed by atoms with Crippen molar-refractivity contribution in [3.05, 3.63) is 12.7 Å². The Labute approximate surface area is 52.2 Å². The molecule has 4 heteroatoms. The summed E-state index contributed by atoms with van der Waals surface area (Å²) < 4.78 is 0. The maximum absolute atomic E-state index is 10.3. The molecule has 2 N–H and O–H groups in total. The summed E-state index contributed by atoms with van der Waals surface area (Å²) in [5, 5.41) is 9.59. The molecule has 50 valence electrons. The van der Waals surface area contributed by atoms with Crippen molar-refractivity contribution in [3.8, 4) is 0 Å². The van der Waals surface area contributed by atoms with E-state index in [2.05, 4.69) is 6.58 Å². The summed E-state index contributed by atoms with van der Waals surface area (Å²) in [5.74, 6) is -0.558. The molecule has 0 saturated carbocycles. The van der Waals surface area contributed by atoms with E-state index in [4.69, 9.17) is 5.11 Å². The third kappa shape index (κ3) is 4.53. The Morgan fingerprint density at radius 2 is 2.22 bits per heavy atom. The van der Waals surface area contributed by atoms with E-state index in [0.29, 0.717) is 0 Å². The molecular formula is C5H7NO3. The van der Waals surface area contributed by atoms with Gasteiger partial charge < -0.3 is 5.11 Å². The van der Waals surface area contributed by atoms with Gasteiger partial charge in [0.25, 0.3) is 0 Å². The zero-order chi connectivity index (χ0) is 7.28. The van der Waals surface area contributed by atoms with Crippen LogP contribution in [0.4, 0.5) is 4.79 Å². The maximum atomic E-state index is 10.3. The van der Waals surface area contributed by atoms with Crippen molar-refractivity contribution < 1.29 is 14.7 Å². The third-order valence-electron chi connectivity index (χ3n) is 0.576. The van der Waals surface area contributed by atoms with E-state index in [1.807, 2.05) is 0 Å². The van der Waals surface area contributed by atoms with Gasteiger partial charge in [0.15, 0.2) is 0 Å². The molecule has 0 saturated heterocycles. The van der Waals surface area contributed by atoms with Gasteiger partial charge in [0.1, 0.15) is 0 Å². The van der Waals surface area contributed by atoms with Crippen LogP contribution in [0.3, 0.4) is 0 Å². The predicted molar refractivity (Wildman–Crippen MR) is 31.0 cm³/mol. The summed E-state index contributed by atoms with van der Waals surface area (Å²) in [5.41, 5.74) is 0. The molecule has 0 spiro atoms. The Morgan fingerprint density at radius 3 is 2.56 bits per heavy atom. The van der Waals surface area contributed by atoms with E-state index in [1.165, 1.54) is 6.08 Å². The molecule has 0 aromatic carbocycles. The fourth-order valence-electron chi connectivity index (χ4n) is 0.301.